The van der Waals surface area contributed by atoms with Crippen molar-refractivity contribution in [3.63, 3.8) is 0 Å². The molecule has 1 amide bonds. The number of carbonyl (C=O) groups is 2. The number of hydrogen-bond acceptors (Lipinski definition) is 3. The van der Waals surface area contributed by atoms with Gasteiger partial charge in [-0.25, -0.2) is 4.39 Å². The number of aliphatic carboxylic acids is 1. The van der Waals surface area contributed by atoms with Crippen LogP contribution in [0.1, 0.15) is 28.4 Å². The van der Waals surface area contributed by atoms with Crippen molar-refractivity contribution >= 4 is 23.6 Å². The third-order valence-electron chi connectivity index (χ3n) is 4.24. The first-order chi connectivity index (χ1) is 12.0. The zero-order valence-electron chi connectivity index (χ0n) is 13.7. The number of hydrogen-bond donors (Lipinski definition) is 1. The molecule has 1 aliphatic heterocycles. The quantitative estimate of drug-likeness (QED) is 0.848. The first-order valence-corrected chi connectivity index (χ1v) is 8.88. The van der Waals surface area contributed by atoms with E-state index in [1.165, 1.54) is 12.1 Å². The number of halogens is 1. The van der Waals surface area contributed by atoms with Crippen molar-refractivity contribution in [2.24, 2.45) is 0 Å². The summed E-state index contributed by atoms with van der Waals surface area (Å²) in [5, 5.41) is 8.47. The predicted octanol–water partition coefficient (Wildman–Crippen LogP) is 3.59. The molecule has 0 saturated heterocycles. The van der Waals surface area contributed by atoms with Crippen LogP contribution < -0.4 is 0 Å². The maximum absolute atomic E-state index is 13.3. The highest BCUT2D eigenvalue weighted by molar-refractivity contribution is 8.00. The lowest BCUT2D eigenvalue weighted by atomic mass is 9.99. The van der Waals surface area contributed by atoms with Gasteiger partial charge in [0.05, 0.1) is 5.56 Å². The van der Waals surface area contributed by atoms with Crippen LogP contribution in [0.2, 0.25) is 0 Å². The van der Waals surface area contributed by atoms with Gasteiger partial charge in [0.1, 0.15) is 11.1 Å². The molecule has 1 atom stereocenters. The van der Waals surface area contributed by atoms with Crippen molar-refractivity contribution in [3.05, 3.63) is 65.0 Å². The molecular weight excluding hydrogens is 341 g/mol. The lowest BCUT2D eigenvalue weighted by Crippen LogP contribution is -2.36. The Labute approximate surface area is 149 Å². The van der Waals surface area contributed by atoms with Crippen molar-refractivity contribution in [1.82, 2.24) is 4.90 Å². The molecule has 1 heterocycles. The van der Waals surface area contributed by atoms with Gasteiger partial charge in [-0.05, 0) is 48.7 Å². The van der Waals surface area contributed by atoms with E-state index < -0.39 is 11.2 Å². The van der Waals surface area contributed by atoms with Gasteiger partial charge < -0.3 is 10.0 Å². The smallest absolute Gasteiger partial charge is 0.316 e. The van der Waals surface area contributed by atoms with Crippen LogP contribution in [0.5, 0.6) is 0 Å². The van der Waals surface area contributed by atoms with Crippen LogP contribution in [-0.2, 0) is 17.8 Å². The normalized spacial score (nSPS) is 14.7. The van der Waals surface area contributed by atoms with Gasteiger partial charge in [-0.15, -0.1) is 11.8 Å². The zero-order valence-corrected chi connectivity index (χ0v) is 14.6. The molecule has 0 aromatic heterocycles. The number of carboxylic acids is 1. The topological polar surface area (TPSA) is 57.6 Å². The highest BCUT2D eigenvalue weighted by Crippen LogP contribution is 2.29. The van der Waals surface area contributed by atoms with E-state index in [2.05, 4.69) is 0 Å². The fourth-order valence-corrected chi connectivity index (χ4v) is 3.77. The molecule has 2 aromatic carbocycles. The van der Waals surface area contributed by atoms with Crippen LogP contribution in [0.15, 0.2) is 47.4 Å². The third kappa shape index (κ3) is 3.85. The van der Waals surface area contributed by atoms with Crippen molar-refractivity contribution in [3.8, 4) is 0 Å². The summed E-state index contributed by atoms with van der Waals surface area (Å²) in [5.74, 6) is -1.31. The Morgan fingerprint density at radius 2 is 1.96 bits per heavy atom. The molecule has 0 radical (unpaired) electrons. The molecule has 25 heavy (non-hydrogen) atoms. The Kier molecular flexibility index (Phi) is 5.08. The minimum Gasteiger partial charge on any atom is -0.480 e. The number of benzene rings is 2. The fourth-order valence-electron chi connectivity index (χ4n) is 2.85. The molecular formula is C19H18FNO3S. The van der Waals surface area contributed by atoms with Gasteiger partial charge in [-0.1, -0.05) is 18.2 Å². The van der Waals surface area contributed by atoms with Gasteiger partial charge in [-0.3, -0.25) is 9.59 Å². The molecule has 3 rings (SSSR count). The predicted molar refractivity (Wildman–Crippen MR) is 94.2 cm³/mol. The van der Waals surface area contributed by atoms with Gasteiger partial charge in [0.2, 0.25) is 0 Å². The van der Waals surface area contributed by atoms with Gasteiger partial charge >= 0.3 is 5.97 Å². The monoisotopic (exact) mass is 359 g/mol. The van der Waals surface area contributed by atoms with E-state index in [9.17, 15) is 14.0 Å². The second-order valence-electron chi connectivity index (χ2n) is 5.98. The van der Waals surface area contributed by atoms with Crippen molar-refractivity contribution in [2.45, 2.75) is 30.0 Å². The molecule has 0 aliphatic carbocycles. The molecule has 6 heteroatoms. The summed E-state index contributed by atoms with van der Waals surface area (Å²) in [6, 6.07) is 11.7. The average molecular weight is 359 g/mol. The van der Waals surface area contributed by atoms with E-state index >= 15 is 0 Å². The summed E-state index contributed by atoms with van der Waals surface area (Å²) in [7, 11) is 0. The van der Waals surface area contributed by atoms with Crippen molar-refractivity contribution < 1.29 is 19.1 Å². The van der Waals surface area contributed by atoms with E-state index in [1.807, 2.05) is 0 Å². The second kappa shape index (κ2) is 7.27. The molecule has 1 unspecified atom stereocenters. The molecule has 0 spiro atoms. The number of amides is 1. The van der Waals surface area contributed by atoms with Gasteiger partial charge in [0, 0.05) is 18.0 Å². The third-order valence-corrected chi connectivity index (χ3v) is 5.40. The van der Waals surface area contributed by atoms with E-state index in [0.29, 0.717) is 30.0 Å². The van der Waals surface area contributed by atoms with E-state index in [4.69, 9.17) is 5.11 Å². The number of thioether (sulfide) groups is 1. The van der Waals surface area contributed by atoms with Crippen LogP contribution >= 0.6 is 11.8 Å². The summed E-state index contributed by atoms with van der Waals surface area (Å²) < 4.78 is 13.3. The standard InChI is InChI=1S/C19H18FNO3S/c1-12(19(23)24)25-17-5-3-2-4-16(17)18(22)21-9-8-13-10-15(20)7-6-14(13)11-21/h2-7,10,12H,8-9,11H2,1H3,(H,23,24). The molecule has 0 bridgehead atoms. The number of fused-ring (bicyclic) bond motifs is 1. The summed E-state index contributed by atoms with van der Waals surface area (Å²) in [6.07, 6.45) is 0.611. The summed E-state index contributed by atoms with van der Waals surface area (Å²) in [6.45, 7) is 2.55. The first kappa shape index (κ1) is 17.5. The van der Waals surface area contributed by atoms with E-state index in [0.717, 1.165) is 22.9 Å². The highest BCUT2D eigenvalue weighted by atomic mass is 32.2. The largest absolute Gasteiger partial charge is 0.480 e. The maximum Gasteiger partial charge on any atom is 0.316 e. The SMILES string of the molecule is CC(Sc1ccccc1C(=O)N1CCc2cc(F)ccc2C1)C(=O)O. The van der Waals surface area contributed by atoms with Crippen LogP contribution in [-0.4, -0.2) is 33.7 Å². The summed E-state index contributed by atoms with van der Waals surface area (Å²) in [5.41, 5.74) is 2.39. The van der Waals surface area contributed by atoms with E-state index in [-0.39, 0.29) is 11.7 Å². The Morgan fingerprint density at radius 1 is 1.20 bits per heavy atom. The Hall–Kier alpha value is -2.34. The number of nitrogens with zero attached hydrogens (tertiary/aromatic N) is 1. The molecule has 1 N–H and O–H groups in total. The Bertz CT molecular complexity index is 824. The van der Waals surface area contributed by atoms with Crippen LogP contribution in [0.4, 0.5) is 4.39 Å². The van der Waals surface area contributed by atoms with Crippen molar-refractivity contribution in [2.75, 3.05) is 6.54 Å². The zero-order chi connectivity index (χ0) is 18.0. The van der Waals surface area contributed by atoms with Crippen LogP contribution in [0.25, 0.3) is 0 Å². The molecule has 4 nitrogen and oxygen atoms in total. The lowest BCUT2D eigenvalue weighted by Gasteiger charge is -2.29. The Balaban J connectivity index is 1.82. The summed E-state index contributed by atoms with van der Waals surface area (Å²) in [4.78, 5) is 26.4. The number of rotatable bonds is 4. The molecule has 0 saturated carbocycles. The highest BCUT2D eigenvalue weighted by Gasteiger charge is 2.25. The minimum absolute atomic E-state index is 0.129. The number of carbonyl (C=O) groups excluding carboxylic acids is 1. The molecule has 0 fully saturated rings. The lowest BCUT2D eigenvalue weighted by molar-refractivity contribution is -0.136. The van der Waals surface area contributed by atoms with Gasteiger partial charge in [-0.2, -0.15) is 0 Å². The molecule has 130 valence electrons. The second-order valence-corrected chi connectivity index (χ2v) is 7.37. The Morgan fingerprint density at radius 3 is 2.72 bits per heavy atom. The minimum atomic E-state index is -0.916. The summed E-state index contributed by atoms with van der Waals surface area (Å²) >= 11 is 1.16. The molecule has 2 aromatic rings. The van der Waals surface area contributed by atoms with Gasteiger partial charge in [0.15, 0.2) is 0 Å². The number of carboxylic acid groups (broad SMARTS) is 1. The van der Waals surface area contributed by atoms with Crippen LogP contribution in [0.3, 0.4) is 0 Å². The van der Waals surface area contributed by atoms with Gasteiger partial charge in [0.25, 0.3) is 5.91 Å². The maximum atomic E-state index is 13.3. The fraction of sp³-hybridized carbons (Fsp3) is 0.263. The average Bonchev–Trinajstić information content (AvgIpc) is 2.61. The van der Waals surface area contributed by atoms with Crippen LogP contribution in [0, 0.1) is 5.82 Å². The first-order valence-electron chi connectivity index (χ1n) is 8.01. The van der Waals surface area contributed by atoms with Crippen molar-refractivity contribution in [1.29, 1.82) is 0 Å². The molecule has 1 aliphatic rings. The van der Waals surface area contributed by atoms with E-state index in [1.54, 1.807) is 42.2 Å².